The Bertz CT molecular complexity index is 1010. The summed E-state index contributed by atoms with van der Waals surface area (Å²) in [5, 5.41) is 12.6. The van der Waals surface area contributed by atoms with Gasteiger partial charge < -0.3 is 9.52 Å². The number of aliphatic imine (C=N–C) groups is 1. The molecule has 3 nitrogen and oxygen atoms in total. The zero-order chi connectivity index (χ0) is 17.6. The van der Waals surface area contributed by atoms with Gasteiger partial charge in [0.05, 0.1) is 15.2 Å². The maximum atomic E-state index is 10.6. The smallest absolute Gasteiger partial charge is 0.139 e. The fourth-order valence-electron chi connectivity index (χ4n) is 3.26. The van der Waals surface area contributed by atoms with Crippen molar-refractivity contribution >= 4 is 62.0 Å². The summed E-state index contributed by atoms with van der Waals surface area (Å²) in [5.74, 6) is 1.15. The van der Waals surface area contributed by atoms with Crippen molar-refractivity contribution in [2.24, 2.45) is 4.99 Å². The molecule has 1 N–H and O–H groups in total. The van der Waals surface area contributed by atoms with E-state index in [0.29, 0.717) is 25.8 Å². The largest absolute Gasteiger partial charge is 0.506 e. The van der Waals surface area contributed by atoms with E-state index in [-0.39, 0.29) is 5.75 Å². The van der Waals surface area contributed by atoms with Gasteiger partial charge in [-0.05, 0) is 59.5 Å². The summed E-state index contributed by atoms with van der Waals surface area (Å²) in [6, 6.07) is 6.92. The Morgan fingerprint density at radius 2 is 1.96 bits per heavy atom. The van der Waals surface area contributed by atoms with Crippen LogP contribution in [0.15, 0.2) is 38.1 Å². The van der Waals surface area contributed by atoms with Crippen molar-refractivity contribution in [3.63, 3.8) is 0 Å². The highest BCUT2D eigenvalue weighted by Gasteiger charge is 2.22. The van der Waals surface area contributed by atoms with Gasteiger partial charge >= 0.3 is 0 Å². The molecular formula is C19H14BrCl2NO2. The van der Waals surface area contributed by atoms with Gasteiger partial charge in [-0.3, -0.25) is 4.99 Å². The molecule has 0 fully saturated rings. The molecule has 0 unspecified atom stereocenters. The van der Waals surface area contributed by atoms with Crippen molar-refractivity contribution < 1.29 is 9.52 Å². The van der Waals surface area contributed by atoms with Crippen LogP contribution in [-0.4, -0.2) is 11.3 Å². The normalized spacial score (nSPS) is 14.4. The van der Waals surface area contributed by atoms with Crippen molar-refractivity contribution in [2.75, 3.05) is 0 Å². The van der Waals surface area contributed by atoms with Crippen LogP contribution in [-0.2, 0) is 12.8 Å². The molecule has 0 atom stereocenters. The number of fused-ring (bicyclic) bond motifs is 3. The van der Waals surface area contributed by atoms with Crippen LogP contribution in [0.5, 0.6) is 5.75 Å². The van der Waals surface area contributed by atoms with Crippen LogP contribution < -0.4 is 0 Å². The Balaban J connectivity index is 1.91. The molecule has 0 aliphatic heterocycles. The molecule has 2 aromatic carbocycles. The Kier molecular flexibility index (Phi) is 4.52. The summed E-state index contributed by atoms with van der Waals surface area (Å²) in [6.45, 7) is 0. The van der Waals surface area contributed by atoms with Crippen LogP contribution >= 0.6 is 39.1 Å². The molecule has 1 aliphatic rings. The number of benzene rings is 2. The van der Waals surface area contributed by atoms with Crippen molar-refractivity contribution in [1.29, 1.82) is 0 Å². The van der Waals surface area contributed by atoms with Gasteiger partial charge in [0, 0.05) is 34.2 Å². The SMILES string of the molecule is Oc1c(Br)cc2oc3c(c2c1C=Nc1cc(Cl)ccc1Cl)CCCC3. The second-order valence-corrected chi connectivity index (χ2v) is 7.76. The van der Waals surface area contributed by atoms with Gasteiger partial charge in [-0.2, -0.15) is 0 Å². The van der Waals surface area contributed by atoms with Crippen LogP contribution in [0.2, 0.25) is 10.0 Å². The molecule has 25 heavy (non-hydrogen) atoms. The number of aryl methyl sites for hydroxylation is 2. The first-order valence-corrected chi connectivity index (χ1v) is 9.54. The third-order valence-electron chi connectivity index (χ3n) is 4.45. The quantitative estimate of drug-likeness (QED) is 0.445. The van der Waals surface area contributed by atoms with E-state index in [9.17, 15) is 5.11 Å². The van der Waals surface area contributed by atoms with Crippen molar-refractivity contribution in [3.8, 4) is 5.75 Å². The molecule has 0 spiro atoms. The average Bonchev–Trinajstić information content (AvgIpc) is 2.96. The molecule has 0 amide bonds. The Morgan fingerprint density at radius 3 is 2.80 bits per heavy atom. The maximum Gasteiger partial charge on any atom is 0.139 e. The standard InChI is InChI=1S/C19H14BrCl2NO2/c20-13-8-17-18(11-3-1-2-4-16(11)25-17)12(19(13)24)9-23-15-7-10(21)5-6-14(15)22/h5-9,24H,1-4H2. The van der Waals surface area contributed by atoms with Crippen LogP contribution in [0.1, 0.15) is 29.7 Å². The molecule has 1 aliphatic carbocycles. The average molecular weight is 439 g/mol. The lowest BCUT2D eigenvalue weighted by atomic mass is 9.94. The van der Waals surface area contributed by atoms with Crippen molar-refractivity contribution in [1.82, 2.24) is 0 Å². The van der Waals surface area contributed by atoms with Gasteiger partial charge in [0.1, 0.15) is 17.1 Å². The van der Waals surface area contributed by atoms with Crippen molar-refractivity contribution in [3.05, 3.63) is 55.7 Å². The summed E-state index contributed by atoms with van der Waals surface area (Å²) in [5.41, 5.74) is 3.12. The van der Waals surface area contributed by atoms with E-state index in [1.54, 1.807) is 24.4 Å². The number of phenolic OH excluding ortho intramolecular Hbond substituents is 1. The number of hydrogen-bond donors (Lipinski definition) is 1. The van der Waals surface area contributed by atoms with E-state index in [1.165, 1.54) is 5.56 Å². The first-order chi connectivity index (χ1) is 12.0. The Morgan fingerprint density at radius 1 is 1.16 bits per heavy atom. The lowest BCUT2D eigenvalue weighted by Crippen LogP contribution is -1.99. The summed E-state index contributed by atoms with van der Waals surface area (Å²) < 4.78 is 6.59. The fourth-order valence-corrected chi connectivity index (χ4v) is 4.01. The zero-order valence-electron chi connectivity index (χ0n) is 13.2. The molecular weight excluding hydrogens is 425 g/mol. The minimum absolute atomic E-state index is 0.142. The Labute approximate surface area is 163 Å². The number of halogens is 3. The molecule has 0 radical (unpaired) electrons. The van der Waals surface area contributed by atoms with Crippen LogP contribution in [0.3, 0.4) is 0 Å². The van der Waals surface area contributed by atoms with Gasteiger partial charge in [-0.1, -0.05) is 23.2 Å². The number of aromatic hydroxyl groups is 1. The number of phenols is 1. The van der Waals surface area contributed by atoms with Crippen LogP contribution in [0.4, 0.5) is 5.69 Å². The number of rotatable bonds is 2. The second kappa shape index (κ2) is 6.67. The third-order valence-corrected chi connectivity index (χ3v) is 5.61. The molecule has 6 heteroatoms. The van der Waals surface area contributed by atoms with Crippen LogP contribution in [0.25, 0.3) is 11.0 Å². The highest BCUT2D eigenvalue weighted by molar-refractivity contribution is 9.10. The third kappa shape index (κ3) is 3.07. The molecule has 1 aromatic heterocycles. The molecule has 3 aromatic rings. The summed E-state index contributed by atoms with van der Waals surface area (Å²) in [4.78, 5) is 4.45. The van der Waals surface area contributed by atoms with Gasteiger partial charge in [0.2, 0.25) is 0 Å². The first kappa shape index (κ1) is 17.0. The van der Waals surface area contributed by atoms with Gasteiger partial charge in [-0.15, -0.1) is 0 Å². The van der Waals surface area contributed by atoms with Gasteiger partial charge in [0.25, 0.3) is 0 Å². The van der Waals surface area contributed by atoms with E-state index in [2.05, 4.69) is 20.9 Å². The number of nitrogens with zero attached hydrogens (tertiary/aromatic N) is 1. The molecule has 0 bridgehead atoms. The molecule has 4 rings (SSSR count). The first-order valence-electron chi connectivity index (χ1n) is 7.99. The predicted octanol–water partition coefficient (Wildman–Crippen LogP) is 6.84. The number of hydrogen-bond acceptors (Lipinski definition) is 3. The van der Waals surface area contributed by atoms with Crippen LogP contribution in [0, 0.1) is 0 Å². The Hall–Kier alpha value is -1.49. The lowest BCUT2D eigenvalue weighted by molar-refractivity contribution is 0.471. The minimum Gasteiger partial charge on any atom is -0.506 e. The highest BCUT2D eigenvalue weighted by Crippen LogP contribution is 2.41. The zero-order valence-corrected chi connectivity index (χ0v) is 16.2. The number of furan rings is 1. The highest BCUT2D eigenvalue weighted by atomic mass is 79.9. The second-order valence-electron chi connectivity index (χ2n) is 6.06. The molecule has 1 heterocycles. The lowest BCUT2D eigenvalue weighted by Gasteiger charge is -2.10. The maximum absolute atomic E-state index is 10.6. The summed E-state index contributed by atoms with van der Waals surface area (Å²) in [7, 11) is 0. The minimum atomic E-state index is 0.142. The topological polar surface area (TPSA) is 45.7 Å². The van der Waals surface area contributed by atoms with E-state index < -0.39 is 0 Å². The van der Waals surface area contributed by atoms with E-state index in [0.717, 1.165) is 42.4 Å². The molecule has 128 valence electrons. The van der Waals surface area contributed by atoms with Gasteiger partial charge in [0.15, 0.2) is 0 Å². The fraction of sp³-hybridized carbons (Fsp3) is 0.211. The van der Waals surface area contributed by atoms with E-state index in [4.69, 9.17) is 27.6 Å². The monoisotopic (exact) mass is 437 g/mol. The van der Waals surface area contributed by atoms with Crippen molar-refractivity contribution in [2.45, 2.75) is 25.7 Å². The molecule has 0 saturated heterocycles. The van der Waals surface area contributed by atoms with E-state index in [1.807, 2.05) is 6.07 Å². The summed E-state index contributed by atoms with van der Waals surface area (Å²) >= 11 is 15.6. The molecule has 0 saturated carbocycles. The predicted molar refractivity (Wildman–Crippen MR) is 106 cm³/mol. The van der Waals surface area contributed by atoms with Gasteiger partial charge in [-0.25, -0.2) is 0 Å². The van der Waals surface area contributed by atoms with E-state index >= 15 is 0 Å². The summed E-state index contributed by atoms with van der Waals surface area (Å²) in [6.07, 6.45) is 5.75.